The van der Waals surface area contributed by atoms with Gasteiger partial charge in [-0.25, -0.2) is 4.79 Å². The monoisotopic (exact) mass is 239 g/mol. The fourth-order valence-electron chi connectivity index (χ4n) is 2.80. The van der Waals surface area contributed by atoms with Gasteiger partial charge in [0, 0.05) is 25.2 Å². The van der Waals surface area contributed by atoms with Gasteiger partial charge in [-0.05, 0) is 31.6 Å². The number of carbonyl (C=O) groups excluding carboxylic acids is 1. The first kappa shape index (κ1) is 12.7. The number of hydrogen-bond acceptors (Lipinski definition) is 2. The van der Waals surface area contributed by atoms with Crippen LogP contribution in [0.2, 0.25) is 0 Å². The third kappa shape index (κ3) is 3.35. The summed E-state index contributed by atoms with van der Waals surface area (Å²) in [6.45, 7) is 4.05. The molecule has 1 aliphatic heterocycles. The molecule has 4 heteroatoms. The van der Waals surface area contributed by atoms with Gasteiger partial charge in [0.25, 0.3) is 0 Å². The number of nitrogens with two attached hydrogens (primary N) is 1. The lowest BCUT2D eigenvalue weighted by Gasteiger charge is -2.34. The molecule has 2 rings (SSSR count). The second-order valence-electron chi connectivity index (χ2n) is 5.67. The summed E-state index contributed by atoms with van der Waals surface area (Å²) >= 11 is 0. The van der Waals surface area contributed by atoms with E-state index in [2.05, 4.69) is 12.2 Å². The molecular weight excluding hydrogens is 214 g/mol. The number of amides is 2. The summed E-state index contributed by atoms with van der Waals surface area (Å²) in [5.74, 6) is 0.760. The van der Waals surface area contributed by atoms with Crippen LogP contribution in [0.5, 0.6) is 0 Å². The van der Waals surface area contributed by atoms with Crippen molar-refractivity contribution in [3.05, 3.63) is 0 Å². The minimum Gasteiger partial charge on any atom is -0.334 e. The van der Waals surface area contributed by atoms with Crippen LogP contribution in [-0.4, -0.2) is 36.1 Å². The lowest BCUT2D eigenvalue weighted by atomic mass is 9.91. The summed E-state index contributed by atoms with van der Waals surface area (Å²) in [5.41, 5.74) is 6.05. The van der Waals surface area contributed by atoms with E-state index in [1.54, 1.807) is 0 Å². The van der Waals surface area contributed by atoms with Crippen LogP contribution in [0, 0.1) is 5.92 Å². The molecule has 3 N–H and O–H groups in total. The summed E-state index contributed by atoms with van der Waals surface area (Å²) in [4.78, 5) is 14.0. The highest BCUT2D eigenvalue weighted by Gasteiger charge is 2.26. The van der Waals surface area contributed by atoms with Crippen LogP contribution in [-0.2, 0) is 0 Å². The smallest absolute Gasteiger partial charge is 0.317 e. The Morgan fingerprint density at radius 3 is 2.47 bits per heavy atom. The first-order valence-corrected chi connectivity index (χ1v) is 6.98. The van der Waals surface area contributed by atoms with Crippen LogP contribution < -0.4 is 11.1 Å². The lowest BCUT2D eigenvalue weighted by molar-refractivity contribution is 0.165. The number of likely N-dealkylation sites (tertiary alicyclic amines) is 1. The Morgan fingerprint density at radius 1 is 1.18 bits per heavy atom. The van der Waals surface area contributed by atoms with E-state index in [0.29, 0.717) is 0 Å². The van der Waals surface area contributed by atoms with Crippen LogP contribution in [0.3, 0.4) is 0 Å². The van der Waals surface area contributed by atoms with Gasteiger partial charge in [-0.3, -0.25) is 0 Å². The third-order valence-electron chi connectivity index (χ3n) is 4.20. The molecule has 98 valence electrons. The van der Waals surface area contributed by atoms with Crippen LogP contribution in [0.4, 0.5) is 4.79 Å². The highest BCUT2D eigenvalue weighted by Crippen LogP contribution is 2.19. The molecule has 0 unspecified atom stereocenters. The molecule has 1 aliphatic carbocycles. The number of carbonyl (C=O) groups is 1. The lowest BCUT2D eigenvalue weighted by Crippen LogP contribution is -2.54. The molecule has 1 saturated carbocycles. The predicted molar refractivity (Wildman–Crippen MR) is 68.7 cm³/mol. The molecule has 2 atom stereocenters. The van der Waals surface area contributed by atoms with Crippen molar-refractivity contribution < 1.29 is 4.79 Å². The van der Waals surface area contributed by atoms with Gasteiger partial charge in [0.1, 0.15) is 0 Å². The van der Waals surface area contributed by atoms with Gasteiger partial charge in [0.15, 0.2) is 0 Å². The maximum atomic E-state index is 12.1. The molecule has 0 spiro atoms. The van der Waals surface area contributed by atoms with Crippen LogP contribution >= 0.6 is 0 Å². The van der Waals surface area contributed by atoms with Crippen molar-refractivity contribution in [3.8, 4) is 0 Å². The Balaban J connectivity index is 1.79. The maximum absolute atomic E-state index is 12.1. The average molecular weight is 239 g/mol. The second-order valence-corrected chi connectivity index (χ2v) is 5.67. The van der Waals surface area contributed by atoms with Crippen molar-refractivity contribution >= 4 is 6.03 Å². The molecule has 17 heavy (non-hydrogen) atoms. The van der Waals surface area contributed by atoms with E-state index in [1.807, 2.05) is 4.90 Å². The molecule has 1 saturated heterocycles. The number of nitrogens with zero attached hydrogens (tertiary/aromatic N) is 1. The first-order valence-electron chi connectivity index (χ1n) is 6.98. The molecule has 0 aromatic carbocycles. The van der Waals surface area contributed by atoms with Crippen molar-refractivity contribution in [2.75, 3.05) is 13.1 Å². The van der Waals surface area contributed by atoms with E-state index in [1.165, 1.54) is 12.8 Å². The molecule has 0 radical (unpaired) electrons. The van der Waals surface area contributed by atoms with E-state index < -0.39 is 0 Å². The van der Waals surface area contributed by atoms with Gasteiger partial charge in [-0.2, -0.15) is 0 Å². The van der Waals surface area contributed by atoms with Crippen LogP contribution in [0.15, 0.2) is 0 Å². The summed E-state index contributed by atoms with van der Waals surface area (Å²) in [7, 11) is 0. The minimum atomic E-state index is 0.0965. The Kier molecular flexibility index (Phi) is 4.26. The number of piperidine rings is 1. The highest BCUT2D eigenvalue weighted by molar-refractivity contribution is 5.74. The molecule has 1 heterocycles. The maximum Gasteiger partial charge on any atom is 0.317 e. The van der Waals surface area contributed by atoms with Crippen molar-refractivity contribution in [2.45, 2.75) is 57.5 Å². The molecule has 2 fully saturated rings. The largest absolute Gasteiger partial charge is 0.334 e. The van der Waals surface area contributed by atoms with Crippen molar-refractivity contribution in [3.63, 3.8) is 0 Å². The van der Waals surface area contributed by atoms with Gasteiger partial charge in [-0.15, -0.1) is 0 Å². The fourth-order valence-corrected chi connectivity index (χ4v) is 2.80. The standard InChI is InChI=1S/C13H25N3O/c1-10-6-8-16(9-7-10)13(17)15-12-5-3-2-4-11(12)14/h10-12H,2-9,14H2,1H3,(H,15,17)/t11-,12-/m1/s1. The van der Waals surface area contributed by atoms with E-state index in [0.717, 1.165) is 44.7 Å². The summed E-state index contributed by atoms with van der Waals surface area (Å²) < 4.78 is 0. The SMILES string of the molecule is CC1CCN(C(=O)N[C@@H]2CCCC[C@H]2N)CC1. The topological polar surface area (TPSA) is 58.4 Å². The molecular formula is C13H25N3O. The van der Waals surface area contributed by atoms with E-state index >= 15 is 0 Å². The Hall–Kier alpha value is -0.770. The summed E-state index contributed by atoms with van der Waals surface area (Å²) in [6.07, 6.45) is 6.73. The minimum absolute atomic E-state index is 0.0965. The van der Waals surface area contributed by atoms with E-state index in [4.69, 9.17) is 5.73 Å². The normalized spacial score (nSPS) is 31.3. The number of nitrogens with one attached hydrogen (secondary N) is 1. The Labute approximate surface area is 104 Å². The second kappa shape index (κ2) is 5.71. The molecule has 0 aromatic rings. The molecule has 2 amide bonds. The Bertz CT molecular complexity index is 261. The first-order chi connectivity index (χ1) is 8.16. The molecule has 0 aromatic heterocycles. The number of rotatable bonds is 1. The summed E-state index contributed by atoms with van der Waals surface area (Å²) in [5, 5.41) is 3.12. The van der Waals surface area contributed by atoms with Gasteiger partial charge < -0.3 is 16.0 Å². The molecule has 4 nitrogen and oxygen atoms in total. The van der Waals surface area contributed by atoms with E-state index in [-0.39, 0.29) is 18.1 Å². The zero-order chi connectivity index (χ0) is 12.3. The zero-order valence-electron chi connectivity index (χ0n) is 10.8. The third-order valence-corrected chi connectivity index (χ3v) is 4.20. The van der Waals surface area contributed by atoms with Gasteiger partial charge >= 0.3 is 6.03 Å². The number of urea groups is 1. The predicted octanol–water partition coefficient (Wildman–Crippen LogP) is 1.70. The van der Waals surface area contributed by atoms with Gasteiger partial charge in [0.05, 0.1) is 0 Å². The summed E-state index contributed by atoms with van der Waals surface area (Å²) in [6, 6.07) is 0.436. The van der Waals surface area contributed by atoms with Crippen molar-refractivity contribution in [2.24, 2.45) is 11.7 Å². The quantitative estimate of drug-likeness (QED) is 0.731. The van der Waals surface area contributed by atoms with Crippen LogP contribution in [0.25, 0.3) is 0 Å². The fraction of sp³-hybridized carbons (Fsp3) is 0.923. The van der Waals surface area contributed by atoms with E-state index in [9.17, 15) is 4.79 Å². The van der Waals surface area contributed by atoms with Crippen molar-refractivity contribution in [1.29, 1.82) is 0 Å². The average Bonchev–Trinajstić information content (AvgIpc) is 2.33. The number of hydrogen-bond donors (Lipinski definition) is 2. The zero-order valence-corrected chi connectivity index (χ0v) is 10.8. The van der Waals surface area contributed by atoms with Gasteiger partial charge in [-0.1, -0.05) is 19.8 Å². The Morgan fingerprint density at radius 2 is 1.82 bits per heavy atom. The molecule has 0 bridgehead atoms. The van der Waals surface area contributed by atoms with Crippen molar-refractivity contribution in [1.82, 2.24) is 10.2 Å². The van der Waals surface area contributed by atoms with Crippen LogP contribution in [0.1, 0.15) is 45.4 Å². The van der Waals surface area contributed by atoms with Gasteiger partial charge in [0.2, 0.25) is 0 Å². The highest BCUT2D eigenvalue weighted by atomic mass is 16.2. The molecule has 2 aliphatic rings.